The highest BCUT2D eigenvalue weighted by Crippen LogP contribution is 2.30. The summed E-state index contributed by atoms with van der Waals surface area (Å²) in [6.45, 7) is 2.51. The Balaban J connectivity index is 1.34. The number of likely N-dealkylation sites (N-methyl/N-ethyl adjacent to an activating group) is 1. The minimum absolute atomic E-state index is 0.0714. The van der Waals surface area contributed by atoms with Gasteiger partial charge in [0.25, 0.3) is 0 Å². The molecule has 144 valence electrons. The normalized spacial score (nSPS) is 19.4. The predicted octanol–water partition coefficient (Wildman–Crippen LogP) is 2.40. The Morgan fingerprint density at radius 2 is 2.29 bits per heavy atom. The largest absolute Gasteiger partial charge is 0.488 e. The van der Waals surface area contributed by atoms with Gasteiger partial charge in [-0.3, -0.25) is 4.40 Å². The molecular formula is C20H21FN6O. The third-order valence-corrected chi connectivity index (χ3v) is 5.34. The van der Waals surface area contributed by atoms with E-state index in [1.165, 1.54) is 17.7 Å². The molecule has 1 N–H and O–H groups in total. The van der Waals surface area contributed by atoms with Crippen LogP contribution in [0.15, 0.2) is 36.8 Å². The zero-order chi connectivity index (χ0) is 19.1. The van der Waals surface area contributed by atoms with E-state index in [0.717, 1.165) is 36.5 Å². The summed E-state index contributed by atoms with van der Waals surface area (Å²) >= 11 is 0. The SMILES string of the molecule is CN1CC=C(c2cnc(NCC3Cc4cc(F)ccc4O3)c3nncn23)CC1. The molecule has 1 aromatic carbocycles. The van der Waals surface area contributed by atoms with Gasteiger partial charge in [0.05, 0.1) is 18.4 Å². The van der Waals surface area contributed by atoms with Gasteiger partial charge in [0, 0.05) is 25.1 Å². The van der Waals surface area contributed by atoms with Crippen molar-refractivity contribution in [2.24, 2.45) is 0 Å². The lowest BCUT2D eigenvalue weighted by Gasteiger charge is -2.22. The summed E-state index contributed by atoms with van der Waals surface area (Å²) < 4.78 is 21.3. The number of ether oxygens (including phenoxy) is 1. The molecule has 5 rings (SSSR count). The lowest BCUT2D eigenvalue weighted by atomic mass is 10.1. The van der Waals surface area contributed by atoms with Crippen molar-refractivity contribution in [3.05, 3.63) is 53.9 Å². The van der Waals surface area contributed by atoms with Crippen LogP contribution in [0.1, 0.15) is 17.7 Å². The van der Waals surface area contributed by atoms with E-state index in [1.54, 1.807) is 12.4 Å². The lowest BCUT2D eigenvalue weighted by molar-refractivity contribution is 0.246. The van der Waals surface area contributed by atoms with Crippen molar-refractivity contribution in [2.75, 3.05) is 32.0 Å². The smallest absolute Gasteiger partial charge is 0.203 e. The van der Waals surface area contributed by atoms with E-state index >= 15 is 0 Å². The van der Waals surface area contributed by atoms with Crippen LogP contribution < -0.4 is 10.1 Å². The highest BCUT2D eigenvalue weighted by Gasteiger charge is 2.24. The van der Waals surface area contributed by atoms with Crippen LogP contribution in [0.3, 0.4) is 0 Å². The van der Waals surface area contributed by atoms with Crippen molar-refractivity contribution in [1.82, 2.24) is 24.5 Å². The standard InChI is InChI=1S/C20H21FN6O/c1-26-6-4-13(5-7-26)17-11-23-19(20-25-24-12-27(17)20)22-10-16-9-14-8-15(21)2-3-18(14)28-16/h2-4,8,11-12,16H,5-7,9-10H2,1H3,(H,22,23). The fourth-order valence-electron chi connectivity index (χ4n) is 3.80. The molecule has 2 aromatic heterocycles. The van der Waals surface area contributed by atoms with Crippen LogP contribution in [0.2, 0.25) is 0 Å². The molecule has 1 unspecified atom stereocenters. The van der Waals surface area contributed by atoms with Gasteiger partial charge < -0.3 is 15.0 Å². The zero-order valence-corrected chi connectivity index (χ0v) is 15.6. The van der Waals surface area contributed by atoms with Crippen molar-refractivity contribution in [1.29, 1.82) is 0 Å². The Morgan fingerprint density at radius 3 is 3.14 bits per heavy atom. The summed E-state index contributed by atoms with van der Waals surface area (Å²) in [6.07, 6.45) is 7.40. The number of nitrogens with one attached hydrogen (secondary N) is 1. The van der Waals surface area contributed by atoms with E-state index in [1.807, 2.05) is 10.6 Å². The van der Waals surface area contributed by atoms with Gasteiger partial charge >= 0.3 is 0 Å². The van der Waals surface area contributed by atoms with E-state index in [2.05, 4.69) is 38.5 Å². The zero-order valence-electron chi connectivity index (χ0n) is 15.6. The summed E-state index contributed by atoms with van der Waals surface area (Å²) in [4.78, 5) is 6.87. The molecule has 0 aliphatic carbocycles. The summed E-state index contributed by atoms with van der Waals surface area (Å²) in [5.74, 6) is 1.18. The van der Waals surface area contributed by atoms with E-state index < -0.39 is 0 Å². The topological polar surface area (TPSA) is 67.6 Å². The number of nitrogens with zero attached hydrogens (tertiary/aromatic N) is 5. The Morgan fingerprint density at radius 1 is 1.36 bits per heavy atom. The van der Waals surface area contributed by atoms with E-state index in [9.17, 15) is 4.39 Å². The number of anilines is 1. The van der Waals surface area contributed by atoms with Gasteiger partial charge in [-0.15, -0.1) is 10.2 Å². The number of fused-ring (bicyclic) bond motifs is 2. The van der Waals surface area contributed by atoms with Crippen molar-refractivity contribution in [2.45, 2.75) is 18.9 Å². The summed E-state index contributed by atoms with van der Waals surface area (Å²) in [5, 5.41) is 11.6. The van der Waals surface area contributed by atoms with Crippen LogP contribution >= 0.6 is 0 Å². The van der Waals surface area contributed by atoms with Gasteiger partial charge in [-0.1, -0.05) is 6.08 Å². The monoisotopic (exact) mass is 380 g/mol. The average Bonchev–Trinajstić information content (AvgIpc) is 3.33. The van der Waals surface area contributed by atoms with Gasteiger partial charge in [0.2, 0.25) is 5.65 Å². The fourth-order valence-corrected chi connectivity index (χ4v) is 3.80. The van der Waals surface area contributed by atoms with Crippen LogP contribution in [-0.4, -0.2) is 57.3 Å². The van der Waals surface area contributed by atoms with Crippen LogP contribution in [-0.2, 0) is 6.42 Å². The molecule has 8 heteroatoms. The van der Waals surface area contributed by atoms with Gasteiger partial charge in [-0.2, -0.15) is 0 Å². The lowest BCUT2D eigenvalue weighted by Crippen LogP contribution is -2.25. The Bertz CT molecular complexity index is 1060. The van der Waals surface area contributed by atoms with E-state index in [0.29, 0.717) is 24.4 Å². The average molecular weight is 380 g/mol. The van der Waals surface area contributed by atoms with Gasteiger partial charge in [-0.05, 0) is 37.2 Å². The summed E-state index contributed by atoms with van der Waals surface area (Å²) in [5.41, 5.74) is 3.88. The number of benzene rings is 1. The molecular weight excluding hydrogens is 359 g/mol. The molecule has 0 saturated carbocycles. The van der Waals surface area contributed by atoms with Crippen molar-refractivity contribution < 1.29 is 9.13 Å². The summed E-state index contributed by atoms with van der Waals surface area (Å²) in [7, 11) is 2.12. The first-order chi connectivity index (χ1) is 13.7. The minimum Gasteiger partial charge on any atom is -0.488 e. The van der Waals surface area contributed by atoms with Crippen LogP contribution in [0.5, 0.6) is 5.75 Å². The maximum absolute atomic E-state index is 13.4. The quantitative estimate of drug-likeness (QED) is 0.750. The molecule has 0 amide bonds. The van der Waals surface area contributed by atoms with Crippen molar-refractivity contribution in [3.63, 3.8) is 0 Å². The number of aromatic nitrogens is 4. The van der Waals surface area contributed by atoms with Crippen LogP contribution in [0.25, 0.3) is 11.2 Å². The third-order valence-electron chi connectivity index (χ3n) is 5.34. The first-order valence-corrected chi connectivity index (χ1v) is 9.43. The second-order valence-electron chi connectivity index (χ2n) is 7.34. The number of hydrogen-bond donors (Lipinski definition) is 1. The third kappa shape index (κ3) is 3.09. The second kappa shape index (κ2) is 6.87. The van der Waals surface area contributed by atoms with Gasteiger partial charge in [-0.25, -0.2) is 9.37 Å². The Hall–Kier alpha value is -3.00. The fraction of sp³-hybridized carbons (Fsp3) is 0.350. The molecule has 0 saturated heterocycles. The molecule has 0 spiro atoms. The van der Waals surface area contributed by atoms with Crippen molar-refractivity contribution in [3.8, 4) is 5.75 Å². The molecule has 0 bridgehead atoms. The van der Waals surface area contributed by atoms with E-state index in [-0.39, 0.29) is 11.9 Å². The van der Waals surface area contributed by atoms with Crippen molar-refractivity contribution >= 4 is 17.0 Å². The molecule has 0 radical (unpaired) electrons. The molecule has 28 heavy (non-hydrogen) atoms. The first kappa shape index (κ1) is 17.1. The molecule has 1 atom stereocenters. The maximum atomic E-state index is 13.4. The van der Waals surface area contributed by atoms with E-state index in [4.69, 9.17) is 4.74 Å². The van der Waals surface area contributed by atoms with Gasteiger partial charge in [0.1, 0.15) is 24.0 Å². The number of halogens is 1. The van der Waals surface area contributed by atoms with Crippen LogP contribution in [0, 0.1) is 5.82 Å². The maximum Gasteiger partial charge on any atom is 0.203 e. The molecule has 7 nitrogen and oxygen atoms in total. The summed E-state index contributed by atoms with van der Waals surface area (Å²) in [6, 6.07) is 4.64. The molecule has 4 heterocycles. The molecule has 0 fully saturated rings. The highest BCUT2D eigenvalue weighted by atomic mass is 19.1. The Labute approximate surface area is 161 Å². The minimum atomic E-state index is -0.235. The highest BCUT2D eigenvalue weighted by molar-refractivity contribution is 5.70. The second-order valence-corrected chi connectivity index (χ2v) is 7.34. The van der Waals surface area contributed by atoms with Gasteiger partial charge in [0.15, 0.2) is 5.82 Å². The number of rotatable bonds is 4. The molecule has 3 aromatic rings. The molecule has 2 aliphatic heterocycles. The first-order valence-electron chi connectivity index (χ1n) is 9.43. The number of hydrogen-bond acceptors (Lipinski definition) is 6. The van der Waals surface area contributed by atoms with Crippen LogP contribution in [0.4, 0.5) is 10.2 Å². The molecule has 2 aliphatic rings. The Kier molecular flexibility index (Phi) is 4.20. The predicted molar refractivity (Wildman–Crippen MR) is 104 cm³/mol.